The third-order valence-electron chi connectivity index (χ3n) is 1.52. The summed E-state index contributed by atoms with van der Waals surface area (Å²) in [7, 11) is 1.57. The van der Waals surface area contributed by atoms with Gasteiger partial charge in [0, 0.05) is 26.6 Å². The number of piperidine rings is 1. The number of nitrogens with one attached hydrogen (secondary N) is 1. The molecule has 0 aliphatic carbocycles. The van der Waals surface area contributed by atoms with Crippen LogP contribution in [0.1, 0.15) is 6.42 Å². The van der Waals surface area contributed by atoms with Crippen LogP contribution in [0.3, 0.4) is 0 Å². The number of methoxy groups -OCH3 is 1. The summed E-state index contributed by atoms with van der Waals surface area (Å²) in [6.45, 7) is 1.48. The first kappa shape index (κ1) is 6.71. The molecule has 1 N–H and O–H groups in total. The number of ketones is 1. The van der Waals surface area contributed by atoms with Gasteiger partial charge in [0.25, 0.3) is 0 Å². The molecule has 0 aromatic carbocycles. The fraction of sp³-hybridized carbons (Fsp3) is 0.833. The van der Waals surface area contributed by atoms with Gasteiger partial charge in [-0.25, -0.2) is 0 Å². The smallest absolute Gasteiger partial charge is 0.164 e. The van der Waals surface area contributed by atoms with E-state index in [0.717, 1.165) is 6.54 Å². The minimum absolute atomic E-state index is 0.196. The zero-order valence-electron chi connectivity index (χ0n) is 5.52. The Balaban J connectivity index is 2.39. The number of ether oxygens (including phenoxy) is 1. The Morgan fingerprint density at radius 1 is 1.78 bits per heavy atom. The number of carbonyl (C=O) groups excluding carboxylic acids is 1. The van der Waals surface area contributed by atoms with Gasteiger partial charge in [-0.15, -0.1) is 0 Å². The van der Waals surface area contributed by atoms with Crippen LogP contribution in [0.15, 0.2) is 0 Å². The molecule has 0 saturated carbocycles. The maximum Gasteiger partial charge on any atom is 0.164 e. The molecule has 0 aromatic heterocycles. The molecule has 1 saturated heterocycles. The van der Waals surface area contributed by atoms with Gasteiger partial charge in [-0.05, 0) is 0 Å². The van der Waals surface area contributed by atoms with Crippen molar-refractivity contribution in [1.82, 2.24) is 5.32 Å². The van der Waals surface area contributed by atoms with Crippen LogP contribution in [-0.2, 0) is 9.53 Å². The summed E-state index contributed by atoms with van der Waals surface area (Å²) in [6.07, 6.45) is 0.414. The monoisotopic (exact) mass is 129 g/mol. The predicted octanol–water partition coefficient (Wildman–Crippen LogP) is -0.436. The van der Waals surface area contributed by atoms with Gasteiger partial charge >= 0.3 is 0 Å². The Kier molecular flexibility index (Phi) is 2.19. The van der Waals surface area contributed by atoms with Gasteiger partial charge in [-0.2, -0.15) is 0 Å². The average molecular weight is 129 g/mol. The first-order valence-corrected chi connectivity index (χ1v) is 3.11. The molecule has 9 heavy (non-hydrogen) atoms. The predicted molar refractivity (Wildman–Crippen MR) is 33.3 cm³/mol. The normalized spacial score (nSPS) is 28.6. The maximum atomic E-state index is 10.9. The highest BCUT2D eigenvalue weighted by Crippen LogP contribution is 1.99. The van der Waals surface area contributed by atoms with E-state index in [-0.39, 0.29) is 11.9 Å². The van der Waals surface area contributed by atoms with Gasteiger partial charge in [0.2, 0.25) is 0 Å². The number of Topliss-reactive ketones (excluding diaryl/α,β-unsaturated/α-hetero) is 1. The Hall–Kier alpha value is -0.410. The van der Waals surface area contributed by atoms with Gasteiger partial charge in [0.1, 0.15) is 6.10 Å². The molecule has 0 aromatic rings. The van der Waals surface area contributed by atoms with Crippen LogP contribution < -0.4 is 5.32 Å². The van der Waals surface area contributed by atoms with Crippen LogP contribution in [0.5, 0.6) is 0 Å². The molecule has 1 fully saturated rings. The minimum atomic E-state index is -0.196. The molecule has 0 radical (unpaired) electrons. The first-order valence-electron chi connectivity index (χ1n) is 3.11. The number of carbonyl (C=O) groups is 1. The summed E-state index contributed by atoms with van der Waals surface area (Å²) in [6, 6.07) is 0. The summed E-state index contributed by atoms with van der Waals surface area (Å²) < 4.78 is 4.89. The SMILES string of the molecule is CO[C@@H]1CNCCC1=O. The summed E-state index contributed by atoms with van der Waals surface area (Å²) in [5.74, 6) is 0.219. The van der Waals surface area contributed by atoms with Crippen molar-refractivity contribution >= 4 is 5.78 Å². The highest BCUT2D eigenvalue weighted by Gasteiger charge is 2.20. The first-order chi connectivity index (χ1) is 4.34. The van der Waals surface area contributed by atoms with E-state index in [9.17, 15) is 4.79 Å². The second-order valence-corrected chi connectivity index (χ2v) is 2.14. The van der Waals surface area contributed by atoms with Gasteiger partial charge in [-0.3, -0.25) is 4.79 Å². The van der Waals surface area contributed by atoms with Crippen molar-refractivity contribution < 1.29 is 9.53 Å². The van der Waals surface area contributed by atoms with Gasteiger partial charge in [-0.1, -0.05) is 0 Å². The van der Waals surface area contributed by atoms with Crippen molar-refractivity contribution in [1.29, 1.82) is 0 Å². The van der Waals surface area contributed by atoms with Crippen LogP contribution in [0.2, 0.25) is 0 Å². The van der Waals surface area contributed by atoms with E-state index in [1.807, 2.05) is 0 Å². The van der Waals surface area contributed by atoms with E-state index in [0.29, 0.717) is 13.0 Å². The molecular weight excluding hydrogens is 118 g/mol. The van der Waals surface area contributed by atoms with Gasteiger partial charge in [0.05, 0.1) is 0 Å². The second kappa shape index (κ2) is 2.94. The molecule has 1 aliphatic heterocycles. The fourth-order valence-corrected chi connectivity index (χ4v) is 0.934. The van der Waals surface area contributed by atoms with Crippen LogP contribution >= 0.6 is 0 Å². The molecule has 1 heterocycles. The zero-order valence-corrected chi connectivity index (χ0v) is 5.52. The molecular formula is C6H11NO2. The third-order valence-corrected chi connectivity index (χ3v) is 1.52. The summed E-state index contributed by atoms with van der Waals surface area (Å²) in [5, 5.41) is 3.07. The van der Waals surface area contributed by atoms with E-state index in [1.54, 1.807) is 7.11 Å². The van der Waals surface area contributed by atoms with E-state index in [4.69, 9.17) is 4.74 Å². The Morgan fingerprint density at radius 2 is 2.56 bits per heavy atom. The Bertz CT molecular complexity index is 114. The summed E-state index contributed by atoms with van der Waals surface area (Å²) >= 11 is 0. The standard InChI is InChI=1S/C6H11NO2/c1-9-6-4-7-3-2-5(6)8/h6-7H,2-4H2,1H3/t6-/m1/s1. The molecule has 0 bridgehead atoms. The van der Waals surface area contributed by atoms with Crippen molar-refractivity contribution in [2.75, 3.05) is 20.2 Å². The molecule has 0 amide bonds. The second-order valence-electron chi connectivity index (χ2n) is 2.14. The topological polar surface area (TPSA) is 38.3 Å². The molecule has 0 unspecified atom stereocenters. The van der Waals surface area contributed by atoms with Crippen molar-refractivity contribution in [3.8, 4) is 0 Å². The number of hydrogen-bond acceptors (Lipinski definition) is 3. The highest BCUT2D eigenvalue weighted by molar-refractivity contribution is 5.84. The molecule has 0 spiro atoms. The lowest BCUT2D eigenvalue weighted by Crippen LogP contribution is -2.41. The highest BCUT2D eigenvalue weighted by atomic mass is 16.5. The van der Waals surface area contributed by atoms with Crippen LogP contribution in [0, 0.1) is 0 Å². The van der Waals surface area contributed by atoms with Crippen molar-refractivity contribution in [3.05, 3.63) is 0 Å². The van der Waals surface area contributed by atoms with Crippen molar-refractivity contribution in [2.24, 2.45) is 0 Å². The lowest BCUT2D eigenvalue weighted by atomic mass is 10.1. The minimum Gasteiger partial charge on any atom is -0.372 e. The van der Waals surface area contributed by atoms with Crippen LogP contribution in [0.4, 0.5) is 0 Å². The number of hydrogen-bond donors (Lipinski definition) is 1. The Morgan fingerprint density at radius 3 is 3.00 bits per heavy atom. The molecule has 1 aliphatic rings. The fourth-order valence-electron chi connectivity index (χ4n) is 0.934. The average Bonchev–Trinajstić information content (AvgIpc) is 1.89. The summed E-state index contributed by atoms with van der Waals surface area (Å²) in [4.78, 5) is 10.9. The van der Waals surface area contributed by atoms with Crippen LogP contribution in [-0.4, -0.2) is 32.1 Å². The lowest BCUT2D eigenvalue weighted by molar-refractivity contribution is -0.130. The van der Waals surface area contributed by atoms with Crippen molar-refractivity contribution in [2.45, 2.75) is 12.5 Å². The number of rotatable bonds is 1. The lowest BCUT2D eigenvalue weighted by Gasteiger charge is -2.19. The third kappa shape index (κ3) is 1.50. The van der Waals surface area contributed by atoms with E-state index < -0.39 is 0 Å². The molecule has 52 valence electrons. The maximum absolute atomic E-state index is 10.9. The van der Waals surface area contributed by atoms with E-state index in [1.165, 1.54) is 0 Å². The van der Waals surface area contributed by atoms with Crippen LogP contribution in [0.25, 0.3) is 0 Å². The molecule has 3 heteroatoms. The van der Waals surface area contributed by atoms with E-state index >= 15 is 0 Å². The van der Waals surface area contributed by atoms with Gasteiger partial charge < -0.3 is 10.1 Å². The molecule has 1 atom stereocenters. The zero-order chi connectivity index (χ0) is 6.69. The quantitative estimate of drug-likeness (QED) is 0.522. The molecule has 1 rings (SSSR count). The van der Waals surface area contributed by atoms with Crippen molar-refractivity contribution in [3.63, 3.8) is 0 Å². The largest absolute Gasteiger partial charge is 0.372 e. The molecule has 3 nitrogen and oxygen atoms in total. The Labute approximate surface area is 54.4 Å². The van der Waals surface area contributed by atoms with Gasteiger partial charge in [0.15, 0.2) is 5.78 Å². The van der Waals surface area contributed by atoms with E-state index in [2.05, 4.69) is 5.32 Å². The summed E-state index contributed by atoms with van der Waals surface area (Å²) in [5.41, 5.74) is 0.